The predicted octanol–water partition coefficient (Wildman–Crippen LogP) is 2.26. The highest BCUT2D eigenvalue weighted by Gasteiger charge is 2.15. The molecule has 3 heteroatoms. The average molecular weight is 181 g/mol. The molecule has 0 bridgehead atoms. The fourth-order valence-electron chi connectivity index (χ4n) is 0.778. The zero-order valence-corrected chi connectivity index (χ0v) is 8.23. The van der Waals surface area contributed by atoms with Crippen molar-refractivity contribution in [1.82, 2.24) is 0 Å². The molecule has 0 aromatic heterocycles. The Labute approximate surface area is 73.8 Å². The third kappa shape index (κ3) is 4.62. The summed E-state index contributed by atoms with van der Waals surface area (Å²) in [7, 11) is 0. The van der Waals surface area contributed by atoms with Gasteiger partial charge in [0.1, 0.15) is 0 Å². The van der Waals surface area contributed by atoms with Crippen LogP contribution in [0.5, 0.6) is 0 Å². The van der Waals surface area contributed by atoms with Crippen LogP contribution >= 0.6 is 11.6 Å². The van der Waals surface area contributed by atoms with Crippen molar-refractivity contribution >= 4 is 11.6 Å². The maximum absolute atomic E-state index is 5.66. The Morgan fingerprint density at radius 3 is 1.91 bits per heavy atom. The first-order valence-electron chi connectivity index (χ1n) is 4.05. The SMILES string of the molecule is CCOC(OCC)[C@@H](C)CCl. The Morgan fingerprint density at radius 2 is 1.64 bits per heavy atom. The first-order valence-corrected chi connectivity index (χ1v) is 4.58. The smallest absolute Gasteiger partial charge is 0.161 e. The third-order valence-corrected chi connectivity index (χ3v) is 1.86. The molecule has 0 saturated heterocycles. The van der Waals surface area contributed by atoms with Crippen LogP contribution in [-0.2, 0) is 9.47 Å². The van der Waals surface area contributed by atoms with Crippen LogP contribution in [0.4, 0.5) is 0 Å². The Balaban J connectivity index is 3.66. The summed E-state index contributed by atoms with van der Waals surface area (Å²) in [6.07, 6.45) is -0.137. The fraction of sp³-hybridized carbons (Fsp3) is 1.00. The van der Waals surface area contributed by atoms with Crippen LogP contribution in [0.25, 0.3) is 0 Å². The molecule has 0 radical (unpaired) electrons. The van der Waals surface area contributed by atoms with Crippen molar-refractivity contribution in [3.05, 3.63) is 0 Å². The van der Waals surface area contributed by atoms with Crippen LogP contribution in [0.1, 0.15) is 20.8 Å². The van der Waals surface area contributed by atoms with Gasteiger partial charge in [-0.2, -0.15) is 0 Å². The molecule has 0 rings (SSSR count). The number of hydrogen-bond acceptors (Lipinski definition) is 2. The van der Waals surface area contributed by atoms with Crippen LogP contribution in [0.15, 0.2) is 0 Å². The lowest BCUT2D eigenvalue weighted by atomic mass is 10.2. The van der Waals surface area contributed by atoms with E-state index in [9.17, 15) is 0 Å². The van der Waals surface area contributed by atoms with E-state index < -0.39 is 0 Å². The lowest BCUT2D eigenvalue weighted by Gasteiger charge is -2.21. The Kier molecular flexibility index (Phi) is 7.02. The number of alkyl halides is 1. The van der Waals surface area contributed by atoms with E-state index in [2.05, 4.69) is 0 Å². The minimum atomic E-state index is -0.137. The Morgan fingerprint density at radius 1 is 1.18 bits per heavy atom. The van der Waals surface area contributed by atoms with Crippen molar-refractivity contribution in [2.24, 2.45) is 5.92 Å². The van der Waals surface area contributed by atoms with Crippen LogP contribution < -0.4 is 0 Å². The molecule has 0 aliphatic carbocycles. The minimum Gasteiger partial charge on any atom is -0.353 e. The molecule has 0 spiro atoms. The van der Waals surface area contributed by atoms with E-state index in [1.807, 2.05) is 20.8 Å². The number of ether oxygens (including phenoxy) is 2. The second-order valence-electron chi connectivity index (χ2n) is 2.41. The average Bonchev–Trinajstić information content (AvgIpc) is 2.03. The van der Waals surface area contributed by atoms with Crippen molar-refractivity contribution in [1.29, 1.82) is 0 Å². The normalized spacial score (nSPS) is 13.9. The lowest BCUT2D eigenvalue weighted by Crippen LogP contribution is -2.26. The van der Waals surface area contributed by atoms with Gasteiger partial charge in [-0.3, -0.25) is 0 Å². The van der Waals surface area contributed by atoms with Crippen LogP contribution in [0.2, 0.25) is 0 Å². The first kappa shape index (κ1) is 11.2. The van der Waals surface area contributed by atoms with Gasteiger partial charge in [-0.1, -0.05) is 6.92 Å². The third-order valence-electron chi connectivity index (χ3n) is 1.37. The number of hydrogen-bond donors (Lipinski definition) is 0. The maximum atomic E-state index is 5.66. The first-order chi connectivity index (χ1) is 5.26. The molecular formula is C8H17ClO2. The van der Waals surface area contributed by atoms with Gasteiger partial charge in [0.2, 0.25) is 0 Å². The van der Waals surface area contributed by atoms with Crippen molar-refractivity contribution in [2.45, 2.75) is 27.1 Å². The Hall–Kier alpha value is 0.210. The molecule has 0 unspecified atom stereocenters. The van der Waals surface area contributed by atoms with Crippen LogP contribution in [-0.4, -0.2) is 25.4 Å². The summed E-state index contributed by atoms with van der Waals surface area (Å²) in [5.41, 5.74) is 0. The van der Waals surface area contributed by atoms with Gasteiger partial charge in [-0.15, -0.1) is 11.6 Å². The molecule has 0 aliphatic heterocycles. The van der Waals surface area contributed by atoms with Crippen molar-refractivity contribution < 1.29 is 9.47 Å². The van der Waals surface area contributed by atoms with Gasteiger partial charge < -0.3 is 9.47 Å². The highest BCUT2D eigenvalue weighted by atomic mass is 35.5. The quantitative estimate of drug-likeness (QED) is 0.461. The van der Waals surface area contributed by atoms with Crippen molar-refractivity contribution in [2.75, 3.05) is 19.1 Å². The summed E-state index contributed by atoms with van der Waals surface area (Å²) in [4.78, 5) is 0. The van der Waals surface area contributed by atoms with Crippen molar-refractivity contribution in [3.63, 3.8) is 0 Å². The summed E-state index contributed by atoms with van der Waals surface area (Å²) >= 11 is 5.66. The summed E-state index contributed by atoms with van der Waals surface area (Å²) in [5, 5.41) is 0. The van der Waals surface area contributed by atoms with Crippen LogP contribution in [0.3, 0.4) is 0 Å². The Bertz CT molecular complexity index is 82.2. The summed E-state index contributed by atoms with van der Waals surface area (Å²) in [5.74, 6) is 0.835. The van der Waals surface area contributed by atoms with E-state index in [1.54, 1.807) is 0 Å². The van der Waals surface area contributed by atoms with E-state index in [0.29, 0.717) is 19.1 Å². The molecule has 1 atom stereocenters. The standard InChI is InChI=1S/C8H17ClO2/c1-4-10-8(11-5-2)7(3)6-9/h7-8H,4-6H2,1-3H3/t7-/m0/s1. The number of rotatable bonds is 6. The topological polar surface area (TPSA) is 18.5 Å². The predicted molar refractivity (Wildman–Crippen MR) is 46.9 cm³/mol. The molecule has 0 fully saturated rings. The molecule has 0 aliphatic rings. The number of halogens is 1. The molecule has 2 nitrogen and oxygen atoms in total. The van der Waals surface area contributed by atoms with Gasteiger partial charge in [0.05, 0.1) is 0 Å². The molecule has 68 valence electrons. The lowest BCUT2D eigenvalue weighted by molar-refractivity contribution is -0.159. The minimum absolute atomic E-state index is 0.137. The van der Waals surface area contributed by atoms with Crippen molar-refractivity contribution in [3.8, 4) is 0 Å². The molecule has 0 amide bonds. The van der Waals surface area contributed by atoms with Gasteiger partial charge in [-0.25, -0.2) is 0 Å². The summed E-state index contributed by atoms with van der Waals surface area (Å²) < 4.78 is 10.7. The second kappa shape index (κ2) is 6.89. The summed E-state index contributed by atoms with van der Waals surface area (Å²) in [6, 6.07) is 0. The molecule has 0 saturated carbocycles. The molecule has 0 N–H and O–H groups in total. The largest absolute Gasteiger partial charge is 0.353 e. The van der Waals surface area contributed by atoms with Gasteiger partial charge >= 0.3 is 0 Å². The van der Waals surface area contributed by atoms with Gasteiger partial charge in [0.25, 0.3) is 0 Å². The van der Waals surface area contributed by atoms with E-state index in [0.717, 1.165) is 0 Å². The van der Waals surface area contributed by atoms with E-state index in [4.69, 9.17) is 21.1 Å². The van der Waals surface area contributed by atoms with E-state index in [-0.39, 0.29) is 12.2 Å². The molecule has 0 aromatic carbocycles. The fourth-order valence-corrected chi connectivity index (χ4v) is 0.923. The van der Waals surface area contributed by atoms with Gasteiger partial charge in [0.15, 0.2) is 6.29 Å². The van der Waals surface area contributed by atoms with E-state index >= 15 is 0 Å². The van der Waals surface area contributed by atoms with Crippen LogP contribution in [0, 0.1) is 5.92 Å². The van der Waals surface area contributed by atoms with E-state index in [1.165, 1.54) is 0 Å². The highest BCUT2D eigenvalue weighted by molar-refractivity contribution is 6.18. The molecular weight excluding hydrogens is 164 g/mol. The maximum Gasteiger partial charge on any atom is 0.161 e. The van der Waals surface area contributed by atoms with Gasteiger partial charge in [0, 0.05) is 25.0 Å². The highest BCUT2D eigenvalue weighted by Crippen LogP contribution is 2.10. The monoisotopic (exact) mass is 180 g/mol. The molecule has 0 aromatic rings. The molecule has 11 heavy (non-hydrogen) atoms. The summed E-state index contributed by atoms with van der Waals surface area (Å²) in [6.45, 7) is 7.26. The van der Waals surface area contributed by atoms with Gasteiger partial charge in [-0.05, 0) is 13.8 Å². The zero-order valence-electron chi connectivity index (χ0n) is 7.47. The molecule has 0 heterocycles. The zero-order chi connectivity index (χ0) is 8.69. The second-order valence-corrected chi connectivity index (χ2v) is 2.72.